The number of aromatic nitrogens is 1. The minimum atomic E-state index is 0.629. The third-order valence-corrected chi connectivity index (χ3v) is 16.3. The van der Waals surface area contributed by atoms with Crippen molar-refractivity contribution in [2.75, 3.05) is 0 Å². The molecule has 0 aliphatic heterocycles. The van der Waals surface area contributed by atoms with Crippen molar-refractivity contribution in [1.29, 1.82) is 0 Å². The van der Waals surface area contributed by atoms with Crippen LogP contribution in [0.15, 0.2) is 89.3 Å². The van der Waals surface area contributed by atoms with Crippen molar-refractivity contribution in [1.82, 2.24) is 4.57 Å². The quantitative estimate of drug-likeness (QED) is 0.181. The minimum absolute atomic E-state index is 0.629. The molecule has 0 amide bonds. The number of nitrogens with zero attached hydrogens (tertiary/aromatic N) is 1. The average molecular weight is 658 g/mol. The molecule has 6 aliphatic carbocycles. The Bertz CT molecular complexity index is 2180. The number of para-hydroxylation sites is 3. The highest BCUT2D eigenvalue weighted by molar-refractivity contribution is 6.10. The van der Waals surface area contributed by atoms with Crippen LogP contribution in [0.3, 0.4) is 0 Å². The maximum Gasteiger partial charge on any atom is 0.138 e. The lowest BCUT2D eigenvalue weighted by Crippen LogP contribution is -2.61. The van der Waals surface area contributed by atoms with E-state index < -0.39 is 0 Å². The van der Waals surface area contributed by atoms with Crippen molar-refractivity contribution in [2.45, 2.75) is 89.4 Å². The van der Waals surface area contributed by atoms with E-state index in [1.165, 1.54) is 107 Å². The Hall–Kier alpha value is -3.52. The van der Waals surface area contributed by atoms with Crippen molar-refractivity contribution >= 4 is 43.7 Å². The van der Waals surface area contributed by atoms with Crippen LogP contribution in [-0.4, -0.2) is 4.57 Å². The second-order valence-corrected chi connectivity index (χ2v) is 18.0. The van der Waals surface area contributed by atoms with Gasteiger partial charge in [-0.3, -0.25) is 0 Å². The molecule has 0 saturated heterocycles. The largest absolute Gasteiger partial charge is 0.456 e. The highest BCUT2D eigenvalue weighted by Crippen LogP contribution is 2.70. The number of benzene rings is 4. The van der Waals surface area contributed by atoms with Crippen molar-refractivity contribution < 1.29 is 4.42 Å². The summed E-state index contributed by atoms with van der Waals surface area (Å²) in [5.41, 5.74) is 7.50. The lowest BCUT2D eigenvalue weighted by atomic mass is 9.37. The first-order chi connectivity index (χ1) is 24.8. The molecule has 2 heteroatoms. The molecule has 254 valence electrons. The molecule has 2 heterocycles. The van der Waals surface area contributed by atoms with Crippen molar-refractivity contribution in [2.24, 2.45) is 59.2 Å². The predicted molar refractivity (Wildman–Crippen MR) is 206 cm³/mol. The lowest BCUT2D eigenvalue weighted by molar-refractivity contribution is -0.189. The topological polar surface area (TPSA) is 18.1 Å². The third kappa shape index (κ3) is 3.97. The van der Waals surface area contributed by atoms with E-state index in [0.717, 1.165) is 64.8 Å². The normalized spacial score (nSPS) is 36.4. The second kappa shape index (κ2) is 11.0. The molecule has 6 fully saturated rings. The summed E-state index contributed by atoms with van der Waals surface area (Å²) in [5, 5.41) is 5.20. The predicted octanol–water partition coefficient (Wildman–Crippen LogP) is 13.1. The average Bonchev–Trinajstić information content (AvgIpc) is 3.73. The summed E-state index contributed by atoms with van der Waals surface area (Å²) >= 11 is 0. The van der Waals surface area contributed by atoms with Gasteiger partial charge < -0.3 is 8.98 Å². The van der Waals surface area contributed by atoms with Crippen molar-refractivity contribution in [3.63, 3.8) is 0 Å². The highest BCUT2D eigenvalue weighted by Gasteiger charge is 2.63. The van der Waals surface area contributed by atoms with E-state index in [4.69, 9.17) is 4.42 Å². The first-order valence-corrected chi connectivity index (χ1v) is 20.8. The third-order valence-electron chi connectivity index (χ3n) is 16.3. The van der Waals surface area contributed by atoms with Crippen molar-refractivity contribution in [3.8, 4) is 5.69 Å². The molecule has 6 saturated carbocycles. The zero-order chi connectivity index (χ0) is 32.5. The molecule has 6 aromatic rings. The molecule has 6 aliphatic rings. The molecule has 0 spiro atoms. The Kier molecular flexibility index (Phi) is 6.40. The van der Waals surface area contributed by atoms with Crippen LogP contribution in [0.5, 0.6) is 0 Å². The second-order valence-electron chi connectivity index (χ2n) is 18.0. The van der Waals surface area contributed by atoms with Gasteiger partial charge in [-0.2, -0.15) is 0 Å². The van der Waals surface area contributed by atoms with Crippen LogP contribution >= 0.6 is 0 Å². The van der Waals surface area contributed by atoms with E-state index in [1.807, 2.05) is 0 Å². The lowest BCUT2D eigenvalue weighted by Gasteiger charge is -2.68. The monoisotopic (exact) mass is 657 g/mol. The van der Waals surface area contributed by atoms with Gasteiger partial charge in [0.25, 0.3) is 0 Å². The zero-order valence-corrected chi connectivity index (χ0v) is 29.5. The molecule has 4 aromatic carbocycles. The van der Waals surface area contributed by atoms with Gasteiger partial charge >= 0.3 is 0 Å². The van der Waals surface area contributed by atoms with Gasteiger partial charge in [0.05, 0.1) is 11.0 Å². The van der Waals surface area contributed by atoms with Crippen LogP contribution < -0.4 is 0 Å². The zero-order valence-electron chi connectivity index (χ0n) is 29.5. The molecule has 8 unspecified atom stereocenters. The van der Waals surface area contributed by atoms with Gasteiger partial charge in [0.15, 0.2) is 0 Å². The fraction of sp³-hybridized carbons (Fsp3) is 0.500. The van der Waals surface area contributed by atoms with Gasteiger partial charge in [0.1, 0.15) is 11.2 Å². The Morgan fingerprint density at radius 2 is 1.00 bits per heavy atom. The van der Waals surface area contributed by atoms with Gasteiger partial charge in [-0.15, -0.1) is 0 Å². The van der Waals surface area contributed by atoms with E-state index in [2.05, 4.69) is 89.5 Å². The summed E-state index contributed by atoms with van der Waals surface area (Å²) in [6, 6.07) is 31.9. The summed E-state index contributed by atoms with van der Waals surface area (Å²) in [5.74, 6) is 10.7. The fourth-order valence-corrected chi connectivity index (χ4v) is 15.0. The minimum Gasteiger partial charge on any atom is -0.456 e. The number of hydrogen-bond donors (Lipinski definition) is 0. The van der Waals surface area contributed by atoms with Crippen LogP contribution in [-0.2, 0) is 0 Å². The van der Waals surface area contributed by atoms with Crippen LogP contribution in [0, 0.1) is 59.2 Å². The molecule has 50 heavy (non-hydrogen) atoms. The maximum absolute atomic E-state index is 6.99. The Balaban J connectivity index is 0.983. The first kappa shape index (κ1) is 29.1. The Labute approximate surface area is 296 Å². The Morgan fingerprint density at radius 3 is 1.64 bits per heavy atom. The Morgan fingerprint density at radius 1 is 0.460 bits per heavy atom. The first-order valence-electron chi connectivity index (χ1n) is 20.8. The van der Waals surface area contributed by atoms with Crippen LogP contribution in [0.1, 0.15) is 95.0 Å². The highest BCUT2D eigenvalue weighted by atomic mass is 16.3. The van der Waals surface area contributed by atoms with E-state index >= 15 is 0 Å². The smallest absolute Gasteiger partial charge is 0.138 e. The van der Waals surface area contributed by atoms with E-state index in [9.17, 15) is 0 Å². The molecule has 0 N–H and O–H groups in total. The van der Waals surface area contributed by atoms with Gasteiger partial charge in [0.2, 0.25) is 0 Å². The molecule has 2 nitrogen and oxygen atoms in total. The molecule has 0 radical (unpaired) electrons. The SMILES string of the molecule is c1cc(C2CC3C4CCCCC4C4CCCC5C6CCCCC6C(C2)C3C45)c2oc3ccc(-n4c5ccccc5c5ccccc54)cc3c2c1. The maximum atomic E-state index is 6.99. The summed E-state index contributed by atoms with van der Waals surface area (Å²) in [6.07, 6.45) is 19.6. The summed E-state index contributed by atoms with van der Waals surface area (Å²) in [6.45, 7) is 0. The molecule has 0 bridgehead atoms. The van der Waals surface area contributed by atoms with E-state index in [0.29, 0.717) is 5.92 Å². The van der Waals surface area contributed by atoms with E-state index in [-0.39, 0.29) is 0 Å². The number of rotatable bonds is 2. The number of hydrogen-bond acceptors (Lipinski definition) is 1. The van der Waals surface area contributed by atoms with Crippen LogP contribution in [0.2, 0.25) is 0 Å². The van der Waals surface area contributed by atoms with Crippen LogP contribution in [0.25, 0.3) is 49.4 Å². The summed E-state index contributed by atoms with van der Waals surface area (Å²) in [4.78, 5) is 0. The number of furan rings is 1. The molecular weight excluding hydrogens is 607 g/mol. The van der Waals surface area contributed by atoms with E-state index in [1.54, 1.807) is 25.7 Å². The van der Waals surface area contributed by atoms with Crippen LogP contribution in [0.4, 0.5) is 0 Å². The molecular formula is C48H51NO. The van der Waals surface area contributed by atoms with Gasteiger partial charge in [0, 0.05) is 27.2 Å². The fourth-order valence-electron chi connectivity index (χ4n) is 15.0. The van der Waals surface area contributed by atoms with Gasteiger partial charge in [-0.25, -0.2) is 0 Å². The molecule has 2 aromatic heterocycles. The summed E-state index contributed by atoms with van der Waals surface area (Å²) < 4.78 is 9.44. The van der Waals surface area contributed by atoms with Gasteiger partial charge in [-0.05, 0) is 152 Å². The summed E-state index contributed by atoms with van der Waals surface area (Å²) in [7, 11) is 0. The standard InChI is InChI=1S/C48H51NO/c1-3-13-33-31(11-1)37-18-10-19-38-32-12-2-4-14-34(32)42-26-28(25-41(33)47(42)46(37)38)30-17-9-20-39-40-27-29(23-24-45(40)50-48(30)39)49-43-21-7-5-15-35(43)36-16-6-8-22-44(36)49/h5-9,15-17,20-24,27-28,31-34,37-38,41-42,46-47H,1-4,10-14,18-19,25-26H2. The number of fused-ring (bicyclic) bond motifs is 12. The molecule has 8 atom stereocenters. The van der Waals surface area contributed by atoms with Gasteiger partial charge in [-0.1, -0.05) is 86.7 Å². The van der Waals surface area contributed by atoms with Crippen molar-refractivity contribution in [3.05, 3.63) is 90.5 Å². The molecule has 12 rings (SSSR count).